The lowest BCUT2D eigenvalue weighted by Gasteiger charge is -2.44. The fourth-order valence-corrected chi connectivity index (χ4v) is 3.14. The van der Waals surface area contributed by atoms with Gasteiger partial charge in [0.25, 0.3) is 0 Å². The maximum Gasteiger partial charge on any atom is 0.203 e. The molecular formula is C16H17ClN6. The Kier molecular flexibility index (Phi) is 3.63. The molecule has 0 bridgehead atoms. The highest BCUT2D eigenvalue weighted by Crippen LogP contribution is 2.25. The van der Waals surface area contributed by atoms with Crippen LogP contribution in [0, 0.1) is 0 Å². The third-order valence-electron chi connectivity index (χ3n) is 4.30. The molecule has 1 saturated heterocycles. The van der Waals surface area contributed by atoms with Gasteiger partial charge >= 0.3 is 0 Å². The fourth-order valence-electron chi connectivity index (χ4n) is 2.93. The minimum Gasteiger partial charge on any atom is -0.350 e. The van der Waals surface area contributed by atoms with Gasteiger partial charge in [-0.3, -0.25) is 9.30 Å². The van der Waals surface area contributed by atoms with Gasteiger partial charge in [-0.25, -0.2) is 4.98 Å². The lowest BCUT2D eigenvalue weighted by molar-refractivity contribution is 0.197. The van der Waals surface area contributed by atoms with E-state index in [1.807, 2.05) is 28.8 Å². The van der Waals surface area contributed by atoms with Crippen molar-refractivity contribution in [3.63, 3.8) is 0 Å². The van der Waals surface area contributed by atoms with E-state index in [4.69, 9.17) is 11.6 Å². The zero-order valence-corrected chi connectivity index (χ0v) is 13.6. The number of fused-ring (bicyclic) bond motifs is 1. The molecule has 3 aromatic rings. The molecule has 1 aromatic carbocycles. The molecule has 0 unspecified atom stereocenters. The molecule has 0 N–H and O–H groups in total. The van der Waals surface area contributed by atoms with Crippen LogP contribution in [0.25, 0.3) is 5.65 Å². The highest BCUT2D eigenvalue weighted by molar-refractivity contribution is 6.30. The minimum absolute atomic E-state index is 0.499. The van der Waals surface area contributed by atoms with Crippen molar-refractivity contribution in [3.05, 3.63) is 53.6 Å². The first-order valence-electron chi connectivity index (χ1n) is 7.55. The van der Waals surface area contributed by atoms with E-state index in [-0.39, 0.29) is 0 Å². The molecule has 0 atom stereocenters. The molecule has 0 radical (unpaired) electrons. The van der Waals surface area contributed by atoms with Gasteiger partial charge in [-0.05, 0) is 24.7 Å². The summed E-state index contributed by atoms with van der Waals surface area (Å²) < 4.78 is 1.89. The summed E-state index contributed by atoms with van der Waals surface area (Å²) in [4.78, 5) is 9.05. The van der Waals surface area contributed by atoms with E-state index in [9.17, 15) is 0 Å². The summed E-state index contributed by atoms with van der Waals surface area (Å²) in [6, 6.07) is 8.53. The van der Waals surface area contributed by atoms with Crippen molar-refractivity contribution in [2.24, 2.45) is 0 Å². The Bertz CT molecular complexity index is 826. The third-order valence-corrected chi connectivity index (χ3v) is 4.54. The molecular weight excluding hydrogens is 312 g/mol. The number of likely N-dealkylation sites (N-methyl/N-ethyl adjacent to an activating group) is 1. The molecule has 0 saturated carbocycles. The quantitative estimate of drug-likeness (QED) is 0.734. The molecule has 0 amide bonds. The van der Waals surface area contributed by atoms with Crippen molar-refractivity contribution in [2.45, 2.75) is 12.6 Å². The average Bonchev–Trinajstić information content (AvgIpc) is 2.95. The molecule has 118 valence electrons. The van der Waals surface area contributed by atoms with E-state index in [0.29, 0.717) is 6.04 Å². The first kappa shape index (κ1) is 14.4. The summed E-state index contributed by atoms with van der Waals surface area (Å²) in [5.74, 6) is 0.900. The second kappa shape index (κ2) is 5.79. The number of halogens is 1. The van der Waals surface area contributed by atoms with Gasteiger partial charge in [-0.1, -0.05) is 23.7 Å². The molecule has 1 fully saturated rings. The molecule has 4 rings (SSSR count). The number of benzene rings is 1. The van der Waals surface area contributed by atoms with Gasteiger partial charge in [0.15, 0.2) is 5.82 Å². The first-order valence-corrected chi connectivity index (χ1v) is 7.92. The van der Waals surface area contributed by atoms with Gasteiger partial charge in [0.1, 0.15) is 6.33 Å². The SMILES string of the molecule is CN(Cc1cccc(Cl)c1)C1CN(c2nccn3cnnc23)C1. The maximum absolute atomic E-state index is 6.05. The molecule has 1 aliphatic rings. The Balaban J connectivity index is 1.42. The van der Waals surface area contributed by atoms with Crippen molar-refractivity contribution in [3.8, 4) is 0 Å². The van der Waals surface area contributed by atoms with Gasteiger partial charge in [0, 0.05) is 43.1 Å². The Morgan fingerprint density at radius 3 is 3.04 bits per heavy atom. The standard InChI is InChI=1S/C16H17ClN6/c1-21(8-12-3-2-4-13(17)7-12)14-9-23(10-14)15-16-20-19-11-22(16)6-5-18-15/h2-7,11,14H,8-10H2,1H3. The van der Waals surface area contributed by atoms with Crippen molar-refractivity contribution in [1.82, 2.24) is 24.5 Å². The number of aromatic nitrogens is 4. The Morgan fingerprint density at radius 1 is 1.35 bits per heavy atom. The Hall–Kier alpha value is -2.18. The zero-order chi connectivity index (χ0) is 15.8. The van der Waals surface area contributed by atoms with Gasteiger partial charge in [-0.15, -0.1) is 10.2 Å². The van der Waals surface area contributed by atoms with Gasteiger partial charge < -0.3 is 4.90 Å². The number of anilines is 1. The van der Waals surface area contributed by atoms with Crippen LogP contribution in [0.5, 0.6) is 0 Å². The second-order valence-corrected chi connectivity index (χ2v) is 6.35. The highest BCUT2D eigenvalue weighted by atomic mass is 35.5. The maximum atomic E-state index is 6.05. The first-order chi connectivity index (χ1) is 11.2. The van der Waals surface area contributed by atoms with Crippen LogP contribution in [-0.4, -0.2) is 50.7 Å². The highest BCUT2D eigenvalue weighted by Gasteiger charge is 2.32. The van der Waals surface area contributed by atoms with Crippen LogP contribution in [-0.2, 0) is 6.54 Å². The monoisotopic (exact) mass is 328 g/mol. The van der Waals surface area contributed by atoms with E-state index in [1.54, 1.807) is 12.5 Å². The summed E-state index contributed by atoms with van der Waals surface area (Å²) >= 11 is 6.05. The van der Waals surface area contributed by atoms with Crippen LogP contribution in [0.2, 0.25) is 5.02 Å². The zero-order valence-electron chi connectivity index (χ0n) is 12.8. The number of nitrogens with zero attached hydrogens (tertiary/aromatic N) is 6. The van der Waals surface area contributed by atoms with E-state index in [2.05, 4.69) is 38.1 Å². The minimum atomic E-state index is 0.499. The van der Waals surface area contributed by atoms with Crippen LogP contribution in [0.1, 0.15) is 5.56 Å². The molecule has 2 aromatic heterocycles. The summed E-state index contributed by atoms with van der Waals surface area (Å²) in [7, 11) is 2.15. The van der Waals surface area contributed by atoms with Gasteiger partial charge in [0.2, 0.25) is 5.65 Å². The van der Waals surface area contributed by atoms with Crippen molar-refractivity contribution >= 4 is 23.1 Å². The lowest BCUT2D eigenvalue weighted by atomic mass is 10.1. The van der Waals surface area contributed by atoms with Crippen molar-refractivity contribution in [1.29, 1.82) is 0 Å². The summed E-state index contributed by atoms with van der Waals surface area (Å²) in [5, 5.41) is 8.88. The summed E-state index contributed by atoms with van der Waals surface area (Å²) in [5.41, 5.74) is 2.04. The predicted octanol–water partition coefficient (Wildman–Crippen LogP) is 2.10. The molecule has 0 aliphatic carbocycles. The number of hydrogen-bond acceptors (Lipinski definition) is 5. The molecule has 7 heteroatoms. The molecule has 1 aliphatic heterocycles. The normalized spacial score (nSPS) is 15.3. The van der Waals surface area contributed by atoms with Crippen LogP contribution in [0.3, 0.4) is 0 Å². The van der Waals surface area contributed by atoms with Crippen LogP contribution < -0.4 is 4.90 Å². The lowest BCUT2D eigenvalue weighted by Crippen LogP contribution is -2.58. The average molecular weight is 329 g/mol. The molecule has 3 heterocycles. The van der Waals surface area contributed by atoms with Crippen LogP contribution in [0.4, 0.5) is 5.82 Å². The van der Waals surface area contributed by atoms with Gasteiger partial charge in [0.05, 0.1) is 0 Å². The largest absolute Gasteiger partial charge is 0.350 e. The smallest absolute Gasteiger partial charge is 0.203 e. The Labute approximate surface area is 139 Å². The predicted molar refractivity (Wildman–Crippen MR) is 89.7 cm³/mol. The van der Waals surface area contributed by atoms with E-state index < -0.39 is 0 Å². The topological polar surface area (TPSA) is 49.6 Å². The summed E-state index contributed by atoms with van der Waals surface area (Å²) in [6.07, 6.45) is 5.35. The van der Waals surface area contributed by atoms with E-state index >= 15 is 0 Å². The number of hydrogen-bond donors (Lipinski definition) is 0. The van der Waals surface area contributed by atoms with Crippen molar-refractivity contribution < 1.29 is 0 Å². The van der Waals surface area contributed by atoms with E-state index in [1.165, 1.54) is 5.56 Å². The molecule has 0 spiro atoms. The molecule has 6 nitrogen and oxygen atoms in total. The van der Waals surface area contributed by atoms with E-state index in [0.717, 1.165) is 36.1 Å². The van der Waals surface area contributed by atoms with Crippen LogP contribution in [0.15, 0.2) is 43.0 Å². The second-order valence-electron chi connectivity index (χ2n) is 5.92. The third kappa shape index (κ3) is 2.75. The fraction of sp³-hybridized carbons (Fsp3) is 0.312. The Morgan fingerprint density at radius 2 is 2.22 bits per heavy atom. The van der Waals surface area contributed by atoms with Crippen LogP contribution >= 0.6 is 11.6 Å². The van der Waals surface area contributed by atoms with Gasteiger partial charge in [-0.2, -0.15) is 0 Å². The summed E-state index contributed by atoms with van der Waals surface area (Å²) in [6.45, 7) is 2.77. The number of rotatable bonds is 4. The van der Waals surface area contributed by atoms with Crippen molar-refractivity contribution in [2.75, 3.05) is 25.0 Å². The molecule has 23 heavy (non-hydrogen) atoms.